The number of likely N-dealkylation sites (tertiary alicyclic amines) is 1. The van der Waals surface area contributed by atoms with E-state index in [1.165, 1.54) is 18.2 Å². The molecule has 43 heavy (non-hydrogen) atoms. The number of ether oxygens (including phenoxy) is 1. The predicted molar refractivity (Wildman–Crippen MR) is 162 cm³/mol. The van der Waals surface area contributed by atoms with E-state index in [9.17, 15) is 27.6 Å². The SMILES string of the molecule is CC(C)C[C@@H](NC(=O)c1ccc(S(C)(=O)=O)cc1OCC(=O)NC(C)(C)C)C(=O)N1CCC[C@@H]1C(=O)N1CCN(C)CC1. The number of nitrogens with one attached hydrogen (secondary N) is 2. The zero-order chi connectivity index (χ0) is 32.1. The molecule has 1 aromatic rings. The summed E-state index contributed by atoms with van der Waals surface area (Å²) >= 11 is 0. The van der Waals surface area contributed by atoms with Crippen molar-refractivity contribution in [2.24, 2.45) is 5.92 Å². The fourth-order valence-electron chi connectivity index (χ4n) is 5.29. The van der Waals surface area contributed by atoms with Gasteiger partial charge in [0, 0.05) is 44.5 Å². The second-order valence-corrected chi connectivity index (χ2v) is 15.0. The van der Waals surface area contributed by atoms with Gasteiger partial charge in [0.05, 0.1) is 10.5 Å². The summed E-state index contributed by atoms with van der Waals surface area (Å²) in [5, 5.41) is 5.57. The first-order valence-corrected chi connectivity index (χ1v) is 16.7. The second-order valence-electron chi connectivity index (χ2n) is 13.0. The lowest BCUT2D eigenvalue weighted by atomic mass is 10.0. The molecular formula is C30H47N5O7S. The number of amides is 4. The van der Waals surface area contributed by atoms with Gasteiger partial charge in [-0.25, -0.2) is 8.42 Å². The van der Waals surface area contributed by atoms with Crippen LogP contribution in [0.15, 0.2) is 23.1 Å². The number of likely N-dealkylation sites (N-methyl/N-ethyl adjacent to an activating group) is 1. The number of carbonyl (C=O) groups excluding carboxylic acids is 4. The van der Waals surface area contributed by atoms with E-state index in [-0.39, 0.29) is 33.9 Å². The first-order valence-electron chi connectivity index (χ1n) is 14.8. The summed E-state index contributed by atoms with van der Waals surface area (Å²) in [5.74, 6) is -1.52. The van der Waals surface area contributed by atoms with Gasteiger partial charge in [-0.3, -0.25) is 19.2 Å². The van der Waals surface area contributed by atoms with Gasteiger partial charge in [0.2, 0.25) is 11.8 Å². The quantitative estimate of drug-likeness (QED) is 0.398. The molecule has 0 aromatic heterocycles. The molecule has 2 atom stereocenters. The summed E-state index contributed by atoms with van der Waals surface area (Å²) in [6.07, 6.45) is 2.63. The molecule has 0 aliphatic carbocycles. The van der Waals surface area contributed by atoms with Crippen LogP contribution in [0.25, 0.3) is 0 Å². The fourth-order valence-corrected chi connectivity index (χ4v) is 5.93. The molecule has 0 bridgehead atoms. The Labute approximate surface area is 255 Å². The van der Waals surface area contributed by atoms with Gasteiger partial charge < -0.3 is 30.1 Å². The third-order valence-corrected chi connectivity index (χ3v) is 8.56. The van der Waals surface area contributed by atoms with E-state index >= 15 is 0 Å². The molecule has 0 spiro atoms. The molecule has 2 saturated heterocycles. The van der Waals surface area contributed by atoms with Crippen molar-refractivity contribution in [1.82, 2.24) is 25.3 Å². The fraction of sp³-hybridized carbons (Fsp3) is 0.667. The zero-order valence-electron chi connectivity index (χ0n) is 26.4. The predicted octanol–water partition coefficient (Wildman–Crippen LogP) is 1.29. The Hall–Kier alpha value is -3.19. The van der Waals surface area contributed by atoms with Crippen molar-refractivity contribution in [1.29, 1.82) is 0 Å². The first-order chi connectivity index (χ1) is 20.0. The largest absolute Gasteiger partial charge is 0.483 e. The van der Waals surface area contributed by atoms with E-state index in [1.54, 1.807) is 4.90 Å². The minimum atomic E-state index is -3.64. The molecule has 0 unspecified atom stereocenters. The second kappa shape index (κ2) is 14.1. The summed E-state index contributed by atoms with van der Waals surface area (Å²) < 4.78 is 30.1. The average molecular weight is 622 g/mol. The Morgan fingerprint density at radius 2 is 1.70 bits per heavy atom. The number of rotatable bonds is 10. The summed E-state index contributed by atoms with van der Waals surface area (Å²) in [6, 6.07) is 2.32. The third-order valence-electron chi connectivity index (χ3n) is 7.45. The molecular weight excluding hydrogens is 574 g/mol. The lowest BCUT2D eigenvalue weighted by molar-refractivity contribution is -0.145. The van der Waals surface area contributed by atoms with Gasteiger partial charge in [0.1, 0.15) is 17.8 Å². The highest BCUT2D eigenvalue weighted by molar-refractivity contribution is 7.90. The van der Waals surface area contributed by atoms with E-state index in [0.717, 1.165) is 19.3 Å². The van der Waals surface area contributed by atoms with Crippen molar-refractivity contribution < 1.29 is 32.3 Å². The maximum atomic E-state index is 13.9. The zero-order valence-corrected chi connectivity index (χ0v) is 27.3. The van der Waals surface area contributed by atoms with Crippen LogP contribution in [-0.2, 0) is 24.2 Å². The molecule has 2 aliphatic heterocycles. The van der Waals surface area contributed by atoms with E-state index in [2.05, 4.69) is 15.5 Å². The number of hydrogen-bond donors (Lipinski definition) is 2. The number of nitrogens with zero attached hydrogens (tertiary/aromatic N) is 3. The van der Waals surface area contributed by atoms with Crippen LogP contribution in [0.4, 0.5) is 0 Å². The van der Waals surface area contributed by atoms with Crippen molar-refractivity contribution in [3.63, 3.8) is 0 Å². The maximum absolute atomic E-state index is 13.9. The first kappa shape index (κ1) is 34.3. The Kier molecular flexibility index (Phi) is 11.2. The molecule has 2 aliphatic rings. The number of carbonyl (C=O) groups is 4. The number of piperazine rings is 1. The Bertz CT molecular complexity index is 1300. The average Bonchev–Trinajstić information content (AvgIpc) is 3.39. The highest BCUT2D eigenvalue weighted by Crippen LogP contribution is 2.26. The van der Waals surface area contributed by atoms with Gasteiger partial charge in [-0.05, 0) is 71.2 Å². The minimum Gasteiger partial charge on any atom is -0.483 e. The molecule has 1 aromatic carbocycles. The lowest BCUT2D eigenvalue weighted by Crippen LogP contribution is -2.56. The summed E-state index contributed by atoms with van der Waals surface area (Å²) in [6.45, 7) is 12.1. The molecule has 2 heterocycles. The van der Waals surface area contributed by atoms with E-state index in [1.807, 2.05) is 46.6 Å². The third kappa shape index (κ3) is 9.65. The molecule has 3 rings (SSSR count). The standard InChI is InChI=1S/C30H47N5O7S/c1-20(2)17-23(28(38)35-12-8-9-24(35)29(39)34-15-13-33(6)14-16-34)31-27(37)22-11-10-21(43(7,40)41)18-25(22)42-19-26(36)32-30(3,4)5/h10-11,18,20,23-24H,8-9,12-17,19H2,1-7H3,(H,31,37)(H,32,36)/t23-,24-/m1/s1. The topological polar surface area (TPSA) is 145 Å². The Morgan fingerprint density at radius 1 is 1.05 bits per heavy atom. The Morgan fingerprint density at radius 3 is 2.28 bits per heavy atom. The van der Waals surface area contributed by atoms with Crippen molar-refractivity contribution in [3.05, 3.63) is 23.8 Å². The van der Waals surface area contributed by atoms with Crippen molar-refractivity contribution in [2.45, 2.75) is 76.4 Å². The van der Waals surface area contributed by atoms with Crippen LogP contribution >= 0.6 is 0 Å². The lowest BCUT2D eigenvalue weighted by Gasteiger charge is -2.36. The van der Waals surface area contributed by atoms with E-state index in [4.69, 9.17) is 4.74 Å². The number of hydrogen-bond acceptors (Lipinski definition) is 8. The van der Waals surface area contributed by atoms with Gasteiger partial charge in [0.25, 0.3) is 11.8 Å². The molecule has 0 saturated carbocycles. The molecule has 4 amide bonds. The van der Waals surface area contributed by atoms with Gasteiger partial charge in [0.15, 0.2) is 16.4 Å². The van der Waals surface area contributed by atoms with Crippen LogP contribution in [0.3, 0.4) is 0 Å². The number of sulfone groups is 1. The van der Waals surface area contributed by atoms with Gasteiger partial charge in [-0.15, -0.1) is 0 Å². The molecule has 2 fully saturated rings. The molecule has 0 radical (unpaired) electrons. The molecule has 12 nitrogen and oxygen atoms in total. The van der Waals surface area contributed by atoms with Crippen LogP contribution in [0.1, 0.15) is 64.2 Å². The van der Waals surface area contributed by atoms with E-state index in [0.29, 0.717) is 38.9 Å². The van der Waals surface area contributed by atoms with Crippen LogP contribution in [0, 0.1) is 5.92 Å². The highest BCUT2D eigenvalue weighted by atomic mass is 32.2. The Balaban J connectivity index is 1.83. The number of benzene rings is 1. The van der Waals surface area contributed by atoms with Crippen molar-refractivity contribution in [2.75, 3.05) is 52.6 Å². The summed E-state index contributed by atoms with van der Waals surface area (Å²) in [4.78, 5) is 58.8. The van der Waals surface area contributed by atoms with Crippen molar-refractivity contribution >= 4 is 33.5 Å². The van der Waals surface area contributed by atoms with Gasteiger partial charge >= 0.3 is 0 Å². The van der Waals surface area contributed by atoms with Crippen LogP contribution in [0.5, 0.6) is 5.75 Å². The van der Waals surface area contributed by atoms with Crippen LogP contribution < -0.4 is 15.4 Å². The van der Waals surface area contributed by atoms with E-state index < -0.39 is 45.9 Å². The summed E-state index contributed by atoms with van der Waals surface area (Å²) in [5.41, 5.74) is -0.525. The maximum Gasteiger partial charge on any atom is 0.258 e. The van der Waals surface area contributed by atoms with Crippen molar-refractivity contribution in [3.8, 4) is 5.75 Å². The van der Waals surface area contributed by atoms with Crippen LogP contribution in [-0.4, -0.2) is 117 Å². The normalized spacial score (nSPS) is 18.8. The van der Waals surface area contributed by atoms with Gasteiger partial charge in [-0.2, -0.15) is 0 Å². The molecule has 240 valence electrons. The highest BCUT2D eigenvalue weighted by Gasteiger charge is 2.40. The molecule has 2 N–H and O–H groups in total. The minimum absolute atomic E-state index is 0.0102. The summed E-state index contributed by atoms with van der Waals surface area (Å²) in [7, 11) is -1.62. The monoisotopic (exact) mass is 621 g/mol. The van der Waals surface area contributed by atoms with Crippen LogP contribution in [0.2, 0.25) is 0 Å². The smallest absolute Gasteiger partial charge is 0.258 e. The molecule has 13 heteroatoms. The van der Waals surface area contributed by atoms with Gasteiger partial charge in [-0.1, -0.05) is 13.8 Å².